The van der Waals surface area contributed by atoms with Gasteiger partial charge in [0.15, 0.2) is 0 Å². The molecule has 0 aliphatic rings. The third-order valence-electron chi connectivity index (χ3n) is 3.53. The highest BCUT2D eigenvalue weighted by Gasteiger charge is 1.92. The SMILES string of the molecule is CCCCCCCCCCCCCC/C=C/CN. The molecule has 0 aromatic rings. The van der Waals surface area contributed by atoms with Gasteiger partial charge in [0.25, 0.3) is 0 Å². The monoisotopic (exact) mass is 253 g/mol. The van der Waals surface area contributed by atoms with Gasteiger partial charge in [0, 0.05) is 6.54 Å². The Morgan fingerprint density at radius 1 is 0.611 bits per heavy atom. The number of nitrogens with two attached hydrogens (primary N) is 1. The van der Waals surface area contributed by atoms with E-state index in [1.165, 1.54) is 83.5 Å². The molecule has 0 heterocycles. The van der Waals surface area contributed by atoms with E-state index < -0.39 is 0 Å². The highest BCUT2D eigenvalue weighted by atomic mass is 14.5. The van der Waals surface area contributed by atoms with E-state index in [-0.39, 0.29) is 0 Å². The summed E-state index contributed by atoms with van der Waals surface area (Å²) in [5, 5.41) is 0. The van der Waals surface area contributed by atoms with Crippen LogP contribution in [-0.4, -0.2) is 6.54 Å². The molecule has 0 fully saturated rings. The van der Waals surface area contributed by atoms with Gasteiger partial charge >= 0.3 is 0 Å². The molecule has 0 aromatic heterocycles. The van der Waals surface area contributed by atoms with Gasteiger partial charge in [-0.15, -0.1) is 0 Å². The minimum atomic E-state index is 0.693. The molecule has 0 atom stereocenters. The van der Waals surface area contributed by atoms with Crippen molar-refractivity contribution in [3.63, 3.8) is 0 Å². The average Bonchev–Trinajstić information content (AvgIpc) is 2.39. The minimum Gasteiger partial charge on any atom is -0.327 e. The first-order valence-electron chi connectivity index (χ1n) is 8.27. The lowest BCUT2D eigenvalue weighted by Crippen LogP contribution is -1.91. The van der Waals surface area contributed by atoms with Crippen molar-refractivity contribution in [1.82, 2.24) is 0 Å². The molecule has 0 aromatic carbocycles. The second-order valence-corrected chi connectivity index (χ2v) is 5.38. The first-order chi connectivity index (χ1) is 8.91. The van der Waals surface area contributed by atoms with Crippen LogP contribution in [0.25, 0.3) is 0 Å². The van der Waals surface area contributed by atoms with Crippen LogP contribution in [0.3, 0.4) is 0 Å². The van der Waals surface area contributed by atoms with Gasteiger partial charge in [0.05, 0.1) is 0 Å². The average molecular weight is 253 g/mol. The standard InChI is InChI=1S/C17H35N/c1-2-3-4-5-6-7-8-9-10-11-12-13-14-15-16-17-18/h15-16H,2-14,17-18H2,1H3/b16-15+. The van der Waals surface area contributed by atoms with Crippen LogP contribution in [0.1, 0.15) is 90.4 Å². The summed E-state index contributed by atoms with van der Waals surface area (Å²) in [4.78, 5) is 0. The fraction of sp³-hybridized carbons (Fsp3) is 0.882. The Bertz CT molecular complexity index is 163. The predicted octanol–water partition coefficient (Wildman–Crippen LogP) is 5.59. The van der Waals surface area contributed by atoms with Gasteiger partial charge in [0.1, 0.15) is 0 Å². The van der Waals surface area contributed by atoms with Crippen molar-refractivity contribution in [3.8, 4) is 0 Å². The third-order valence-corrected chi connectivity index (χ3v) is 3.53. The second-order valence-electron chi connectivity index (χ2n) is 5.38. The van der Waals surface area contributed by atoms with Gasteiger partial charge in [-0.25, -0.2) is 0 Å². The summed E-state index contributed by atoms with van der Waals surface area (Å²) in [7, 11) is 0. The van der Waals surface area contributed by atoms with E-state index in [0.717, 1.165) is 0 Å². The van der Waals surface area contributed by atoms with Crippen LogP contribution in [0.4, 0.5) is 0 Å². The molecule has 0 saturated carbocycles. The molecule has 0 saturated heterocycles. The molecule has 0 unspecified atom stereocenters. The van der Waals surface area contributed by atoms with Crippen LogP contribution in [0.2, 0.25) is 0 Å². The summed E-state index contributed by atoms with van der Waals surface area (Å²) in [5.74, 6) is 0. The smallest absolute Gasteiger partial charge is 0.0106 e. The Balaban J connectivity index is 2.92. The zero-order chi connectivity index (χ0) is 13.3. The Labute approximate surface area is 115 Å². The molecule has 2 N–H and O–H groups in total. The maximum absolute atomic E-state index is 5.39. The van der Waals surface area contributed by atoms with Crippen molar-refractivity contribution in [2.75, 3.05) is 6.54 Å². The Morgan fingerprint density at radius 2 is 1.06 bits per heavy atom. The van der Waals surface area contributed by atoms with E-state index in [1.807, 2.05) is 0 Å². The third kappa shape index (κ3) is 15.7. The number of allylic oxidation sites excluding steroid dienone is 1. The largest absolute Gasteiger partial charge is 0.327 e. The quantitative estimate of drug-likeness (QED) is 0.317. The highest BCUT2D eigenvalue weighted by molar-refractivity contribution is 4.81. The molecule has 0 radical (unpaired) electrons. The van der Waals surface area contributed by atoms with Crippen LogP contribution < -0.4 is 5.73 Å². The summed E-state index contributed by atoms with van der Waals surface area (Å²) in [6, 6.07) is 0. The molecule has 0 aliphatic carbocycles. The topological polar surface area (TPSA) is 26.0 Å². The summed E-state index contributed by atoms with van der Waals surface area (Å²) >= 11 is 0. The van der Waals surface area contributed by atoms with Crippen molar-refractivity contribution in [2.24, 2.45) is 5.73 Å². The summed E-state index contributed by atoms with van der Waals surface area (Å²) in [5.41, 5.74) is 5.39. The molecule has 0 aliphatic heterocycles. The molecule has 0 rings (SSSR count). The molecule has 1 heteroatoms. The van der Waals surface area contributed by atoms with E-state index in [0.29, 0.717) is 6.54 Å². The zero-order valence-corrected chi connectivity index (χ0v) is 12.6. The van der Waals surface area contributed by atoms with Crippen molar-refractivity contribution < 1.29 is 0 Å². The van der Waals surface area contributed by atoms with E-state index in [2.05, 4.69) is 19.1 Å². The molecule has 18 heavy (non-hydrogen) atoms. The second kappa shape index (κ2) is 16.7. The normalized spacial score (nSPS) is 11.4. The van der Waals surface area contributed by atoms with Gasteiger partial charge < -0.3 is 5.73 Å². The van der Waals surface area contributed by atoms with Gasteiger partial charge in [-0.2, -0.15) is 0 Å². The maximum Gasteiger partial charge on any atom is 0.0106 e. The Hall–Kier alpha value is -0.300. The number of hydrogen-bond acceptors (Lipinski definition) is 1. The predicted molar refractivity (Wildman–Crippen MR) is 83.9 cm³/mol. The molecular weight excluding hydrogens is 218 g/mol. The summed E-state index contributed by atoms with van der Waals surface area (Å²) in [6.45, 7) is 2.98. The minimum absolute atomic E-state index is 0.693. The van der Waals surface area contributed by atoms with E-state index in [9.17, 15) is 0 Å². The van der Waals surface area contributed by atoms with Crippen LogP contribution >= 0.6 is 0 Å². The highest BCUT2D eigenvalue weighted by Crippen LogP contribution is 2.12. The van der Waals surface area contributed by atoms with Gasteiger partial charge in [0.2, 0.25) is 0 Å². The van der Waals surface area contributed by atoms with Crippen molar-refractivity contribution >= 4 is 0 Å². The summed E-state index contributed by atoms with van der Waals surface area (Å²) in [6.07, 6.45) is 22.6. The maximum atomic E-state index is 5.39. The lowest BCUT2D eigenvalue weighted by atomic mass is 10.0. The van der Waals surface area contributed by atoms with Crippen molar-refractivity contribution in [3.05, 3.63) is 12.2 Å². The molecule has 0 spiro atoms. The Kier molecular flexibility index (Phi) is 16.4. The fourth-order valence-corrected chi connectivity index (χ4v) is 2.32. The van der Waals surface area contributed by atoms with Crippen LogP contribution in [-0.2, 0) is 0 Å². The number of unbranched alkanes of at least 4 members (excludes halogenated alkanes) is 12. The molecule has 0 bridgehead atoms. The molecule has 1 nitrogen and oxygen atoms in total. The molecular formula is C17H35N. The Morgan fingerprint density at radius 3 is 1.50 bits per heavy atom. The number of hydrogen-bond donors (Lipinski definition) is 1. The zero-order valence-electron chi connectivity index (χ0n) is 12.6. The van der Waals surface area contributed by atoms with Crippen LogP contribution in [0, 0.1) is 0 Å². The lowest BCUT2D eigenvalue weighted by molar-refractivity contribution is 0.545. The number of rotatable bonds is 14. The van der Waals surface area contributed by atoms with Gasteiger partial charge in [-0.1, -0.05) is 89.7 Å². The van der Waals surface area contributed by atoms with E-state index >= 15 is 0 Å². The molecule has 0 amide bonds. The van der Waals surface area contributed by atoms with Crippen LogP contribution in [0.15, 0.2) is 12.2 Å². The first kappa shape index (κ1) is 17.7. The lowest BCUT2D eigenvalue weighted by Gasteiger charge is -2.02. The van der Waals surface area contributed by atoms with Gasteiger partial charge in [-0.3, -0.25) is 0 Å². The first-order valence-corrected chi connectivity index (χ1v) is 8.27. The van der Waals surface area contributed by atoms with E-state index in [4.69, 9.17) is 5.73 Å². The van der Waals surface area contributed by atoms with E-state index in [1.54, 1.807) is 0 Å². The molecule has 108 valence electrons. The summed E-state index contributed by atoms with van der Waals surface area (Å²) < 4.78 is 0. The van der Waals surface area contributed by atoms with Crippen molar-refractivity contribution in [1.29, 1.82) is 0 Å². The fourth-order valence-electron chi connectivity index (χ4n) is 2.32. The van der Waals surface area contributed by atoms with Crippen LogP contribution in [0.5, 0.6) is 0 Å². The van der Waals surface area contributed by atoms with Crippen molar-refractivity contribution in [2.45, 2.75) is 90.4 Å². The van der Waals surface area contributed by atoms with Gasteiger partial charge in [-0.05, 0) is 12.8 Å².